The number of ether oxygens (including phenoxy) is 1. The zero-order chi connectivity index (χ0) is 15.2. The number of fused-ring (bicyclic) bond motifs is 3. The van der Waals surface area contributed by atoms with Gasteiger partial charge in [0.25, 0.3) is 0 Å². The van der Waals surface area contributed by atoms with Crippen LogP contribution in [-0.4, -0.2) is 12.0 Å². The van der Waals surface area contributed by atoms with Gasteiger partial charge in [-0.1, -0.05) is 38.0 Å². The lowest BCUT2D eigenvalue weighted by atomic mass is 9.82. The average Bonchev–Trinajstić information content (AvgIpc) is 3.01. The zero-order valence-electron chi connectivity index (χ0n) is 12.5. The molecule has 2 heterocycles. The molecule has 0 aromatic heterocycles. The second kappa shape index (κ2) is 4.89. The van der Waals surface area contributed by atoms with Crippen molar-refractivity contribution < 1.29 is 4.74 Å². The molecule has 0 bridgehead atoms. The van der Waals surface area contributed by atoms with Crippen molar-refractivity contribution in [1.82, 2.24) is 0 Å². The molecule has 0 amide bonds. The minimum absolute atomic E-state index is 0.215. The van der Waals surface area contributed by atoms with Gasteiger partial charge in [-0.15, -0.1) is 0 Å². The van der Waals surface area contributed by atoms with E-state index < -0.39 is 0 Å². The summed E-state index contributed by atoms with van der Waals surface area (Å²) in [5.41, 5.74) is 2.87. The first-order chi connectivity index (χ1) is 10.8. The fourth-order valence-corrected chi connectivity index (χ4v) is 4.04. The van der Waals surface area contributed by atoms with Crippen LogP contribution in [0.15, 0.2) is 48.8 Å². The SMILES string of the molecule is C=CN1c2ccccc2N2/C(=C\C#N)C3(CCCCC3)OC12. The molecular weight excluding hydrogens is 274 g/mol. The van der Waals surface area contributed by atoms with Crippen LogP contribution < -0.4 is 9.80 Å². The highest BCUT2D eigenvalue weighted by molar-refractivity contribution is 5.82. The zero-order valence-corrected chi connectivity index (χ0v) is 12.5. The summed E-state index contributed by atoms with van der Waals surface area (Å²) in [6.45, 7) is 3.94. The van der Waals surface area contributed by atoms with Crippen LogP contribution >= 0.6 is 0 Å². The van der Waals surface area contributed by atoms with Crippen molar-refractivity contribution in [2.75, 3.05) is 9.80 Å². The standard InChI is InChI=1S/C18H19N3O/c1-2-20-14-8-4-5-9-15(14)21-16(10-13-19)18(22-17(20)21)11-6-3-7-12-18/h2,4-5,8-10,17H,1,3,6-7,11-12H2/b16-10-. The van der Waals surface area contributed by atoms with Crippen LogP contribution in [0.5, 0.6) is 0 Å². The van der Waals surface area contributed by atoms with Gasteiger partial charge in [0.1, 0.15) is 5.60 Å². The number of allylic oxidation sites excluding steroid dienone is 1. The summed E-state index contributed by atoms with van der Waals surface area (Å²) in [4.78, 5) is 4.23. The van der Waals surface area contributed by atoms with Crippen LogP contribution in [0.1, 0.15) is 32.1 Å². The number of nitrogens with zero attached hydrogens (tertiary/aromatic N) is 3. The number of benzene rings is 1. The van der Waals surface area contributed by atoms with E-state index in [1.54, 1.807) is 6.08 Å². The van der Waals surface area contributed by atoms with Gasteiger partial charge in [0.2, 0.25) is 6.35 Å². The van der Waals surface area contributed by atoms with Gasteiger partial charge in [-0.05, 0) is 25.0 Å². The topological polar surface area (TPSA) is 39.5 Å². The lowest BCUT2D eigenvalue weighted by molar-refractivity contribution is -0.0447. The van der Waals surface area contributed by atoms with Crippen LogP contribution in [0.2, 0.25) is 0 Å². The Morgan fingerprint density at radius 1 is 1.23 bits per heavy atom. The number of para-hydroxylation sites is 2. The maximum Gasteiger partial charge on any atom is 0.219 e. The van der Waals surface area contributed by atoms with Crippen LogP contribution in [0.25, 0.3) is 0 Å². The highest BCUT2D eigenvalue weighted by Crippen LogP contribution is 2.54. The van der Waals surface area contributed by atoms with Gasteiger partial charge in [-0.2, -0.15) is 5.26 Å². The van der Waals surface area contributed by atoms with Crippen molar-refractivity contribution in [3.05, 3.63) is 48.8 Å². The third-order valence-corrected chi connectivity index (χ3v) is 4.99. The maximum atomic E-state index is 9.29. The Balaban J connectivity index is 1.86. The molecule has 0 N–H and O–H groups in total. The monoisotopic (exact) mass is 293 g/mol. The normalized spacial score (nSPS) is 26.9. The predicted molar refractivity (Wildman–Crippen MR) is 86.0 cm³/mol. The molecule has 1 aromatic rings. The molecule has 112 valence electrons. The molecule has 1 atom stereocenters. The first kappa shape index (κ1) is 13.4. The second-order valence-electron chi connectivity index (χ2n) is 6.11. The van der Waals surface area contributed by atoms with Crippen molar-refractivity contribution in [3.63, 3.8) is 0 Å². The third kappa shape index (κ3) is 1.66. The van der Waals surface area contributed by atoms with Gasteiger partial charge in [-0.3, -0.25) is 4.90 Å². The van der Waals surface area contributed by atoms with E-state index in [2.05, 4.69) is 34.6 Å². The maximum absolute atomic E-state index is 9.29. The molecule has 4 nitrogen and oxygen atoms in total. The molecule has 3 aliphatic rings. The highest BCUT2D eigenvalue weighted by atomic mass is 16.6. The highest BCUT2D eigenvalue weighted by Gasteiger charge is 2.55. The van der Waals surface area contributed by atoms with Crippen molar-refractivity contribution in [1.29, 1.82) is 5.26 Å². The number of anilines is 2. The van der Waals surface area contributed by atoms with Gasteiger partial charge < -0.3 is 9.64 Å². The molecule has 2 aliphatic heterocycles. The molecule has 4 rings (SSSR count). The van der Waals surface area contributed by atoms with E-state index >= 15 is 0 Å². The Kier molecular flexibility index (Phi) is 2.98. The smallest absolute Gasteiger partial charge is 0.219 e. The lowest BCUT2D eigenvalue weighted by Crippen LogP contribution is -2.37. The van der Waals surface area contributed by atoms with Gasteiger partial charge in [0.15, 0.2) is 0 Å². The summed E-state index contributed by atoms with van der Waals surface area (Å²) < 4.78 is 6.53. The van der Waals surface area contributed by atoms with E-state index in [0.717, 1.165) is 42.8 Å². The predicted octanol–water partition coefficient (Wildman–Crippen LogP) is 3.88. The number of hydrogen-bond donors (Lipinski definition) is 0. The molecule has 1 spiro atoms. The Labute approximate surface area is 130 Å². The first-order valence-corrected chi connectivity index (χ1v) is 7.88. The van der Waals surface area contributed by atoms with Gasteiger partial charge in [-0.25, -0.2) is 0 Å². The first-order valence-electron chi connectivity index (χ1n) is 7.88. The second-order valence-corrected chi connectivity index (χ2v) is 6.11. The Morgan fingerprint density at radius 2 is 1.95 bits per heavy atom. The van der Waals surface area contributed by atoms with Crippen LogP contribution in [0.4, 0.5) is 11.4 Å². The fraction of sp³-hybridized carbons (Fsp3) is 0.389. The third-order valence-electron chi connectivity index (χ3n) is 4.99. The van der Waals surface area contributed by atoms with Crippen LogP contribution in [0, 0.1) is 11.3 Å². The fourth-order valence-electron chi connectivity index (χ4n) is 4.04. The van der Waals surface area contributed by atoms with Crippen molar-refractivity contribution in [2.24, 2.45) is 0 Å². The molecule has 2 fully saturated rings. The van der Waals surface area contributed by atoms with E-state index in [1.165, 1.54) is 6.42 Å². The molecule has 1 saturated carbocycles. The minimum atomic E-state index is -0.312. The van der Waals surface area contributed by atoms with Crippen LogP contribution in [0.3, 0.4) is 0 Å². The van der Waals surface area contributed by atoms with E-state index in [-0.39, 0.29) is 12.0 Å². The van der Waals surface area contributed by atoms with Gasteiger partial charge in [0, 0.05) is 12.3 Å². The molecule has 1 unspecified atom stereocenters. The van der Waals surface area contributed by atoms with Gasteiger partial charge >= 0.3 is 0 Å². The molecule has 1 aromatic carbocycles. The molecule has 22 heavy (non-hydrogen) atoms. The van der Waals surface area contributed by atoms with Crippen molar-refractivity contribution in [2.45, 2.75) is 44.1 Å². The summed E-state index contributed by atoms with van der Waals surface area (Å²) >= 11 is 0. The molecule has 0 radical (unpaired) electrons. The average molecular weight is 293 g/mol. The summed E-state index contributed by atoms with van der Waals surface area (Å²) in [5.74, 6) is 0. The quantitative estimate of drug-likeness (QED) is 0.737. The van der Waals surface area contributed by atoms with E-state index in [9.17, 15) is 5.26 Å². The van der Waals surface area contributed by atoms with Crippen molar-refractivity contribution in [3.8, 4) is 6.07 Å². The lowest BCUT2D eigenvalue weighted by Gasteiger charge is -2.34. The van der Waals surface area contributed by atoms with Crippen molar-refractivity contribution >= 4 is 11.4 Å². The largest absolute Gasteiger partial charge is 0.327 e. The minimum Gasteiger partial charge on any atom is -0.327 e. The molecule has 1 aliphatic carbocycles. The Bertz CT molecular complexity index is 682. The number of rotatable bonds is 1. The summed E-state index contributed by atoms with van der Waals surface area (Å²) in [7, 11) is 0. The van der Waals surface area contributed by atoms with E-state index in [4.69, 9.17) is 4.74 Å². The molecular formula is C18H19N3O. The van der Waals surface area contributed by atoms with E-state index in [1.807, 2.05) is 18.3 Å². The number of nitriles is 1. The number of hydrogen-bond acceptors (Lipinski definition) is 4. The summed E-state index contributed by atoms with van der Waals surface area (Å²) in [5, 5.41) is 9.29. The Hall–Kier alpha value is -2.25. The molecule has 4 heteroatoms. The molecule has 1 saturated heterocycles. The van der Waals surface area contributed by atoms with Crippen LogP contribution in [-0.2, 0) is 4.74 Å². The summed E-state index contributed by atoms with van der Waals surface area (Å²) in [6.07, 6.45) is 8.80. The van der Waals surface area contributed by atoms with E-state index in [0.29, 0.717) is 0 Å². The Morgan fingerprint density at radius 3 is 2.64 bits per heavy atom. The van der Waals surface area contributed by atoms with Gasteiger partial charge in [0.05, 0.1) is 23.1 Å². The summed E-state index contributed by atoms with van der Waals surface area (Å²) in [6, 6.07) is 10.4.